The van der Waals surface area contributed by atoms with Crippen molar-refractivity contribution < 1.29 is 19.1 Å². The van der Waals surface area contributed by atoms with Gasteiger partial charge in [0.05, 0.1) is 6.16 Å². The highest BCUT2D eigenvalue weighted by molar-refractivity contribution is 7.51. The summed E-state index contributed by atoms with van der Waals surface area (Å²) >= 11 is 0. The number of hydrogen-bond acceptors (Lipinski definition) is 4. The van der Waals surface area contributed by atoms with Gasteiger partial charge in [-0.15, -0.1) is 0 Å². The Kier molecular flexibility index (Phi) is 8.37. The fourth-order valence-electron chi connectivity index (χ4n) is 1.27. The number of amides is 1. The molecule has 102 valence electrons. The first kappa shape index (κ1) is 16.5. The molecule has 0 rings (SSSR count). The van der Waals surface area contributed by atoms with Crippen LogP contribution in [0.5, 0.6) is 0 Å². The van der Waals surface area contributed by atoms with Crippen molar-refractivity contribution in [2.75, 3.05) is 19.3 Å². The van der Waals surface area contributed by atoms with Gasteiger partial charge in [-0.1, -0.05) is 6.42 Å². The van der Waals surface area contributed by atoms with Gasteiger partial charge in [-0.25, -0.2) is 0 Å². The second-order valence-electron chi connectivity index (χ2n) is 3.84. The van der Waals surface area contributed by atoms with Gasteiger partial charge >= 0.3 is 7.60 Å². The van der Waals surface area contributed by atoms with Crippen molar-refractivity contribution in [1.29, 1.82) is 0 Å². The van der Waals surface area contributed by atoms with E-state index in [0.717, 1.165) is 12.8 Å². The second-order valence-corrected chi connectivity index (χ2v) is 5.61. The maximum absolute atomic E-state index is 11.2. The third kappa shape index (κ3) is 10.4. The number of carbonyl (C=O) groups is 1. The van der Waals surface area contributed by atoms with E-state index in [-0.39, 0.29) is 30.6 Å². The Bertz CT molecular complexity index is 268. The predicted octanol–water partition coefficient (Wildman–Crippen LogP) is 0.400. The molecule has 0 unspecified atom stereocenters. The van der Waals surface area contributed by atoms with Crippen molar-refractivity contribution in [2.45, 2.75) is 32.1 Å². The number of nitrogens with two attached hydrogens (primary N) is 1. The lowest BCUT2D eigenvalue weighted by Crippen LogP contribution is -2.26. The Morgan fingerprint density at radius 3 is 2.41 bits per heavy atom. The smallest absolute Gasteiger partial charge is 0.325 e. The monoisotopic (exact) mass is 267 g/mol. The van der Waals surface area contributed by atoms with E-state index in [9.17, 15) is 14.6 Å². The van der Waals surface area contributed by atoms with Gasteiger partial charge in [-0.05, 0) is 25.8 Å². The average Bonchev–Trinajstić information content (AvgIpc) is 2.22. The van der Waals surface area contributed by atoms with Crippen molar-refractivity contribution in [3.8, 4) is 0 Å². The maximum Gasteiger partial charge on any atom is 0.325 e. The average molecular weight is 267 g/mol. The third-order valence-electron chi connectivity index (χ3n) is 2.18. The molecule has 0 aromatic rings. The molecule has 7 nitrogen and oxygen atoms in total. The molecule has 0 saturated carbocycles. The van der Waals surface area contributed by atoms with Gasteiger partial charge in [0.25, 0.3) is 0 Å². The van der Waals surface area contributed by atoms with Gasteiger partial charge < -0.3 is 25.8 Å². The summed E-state index contributed by atoms with van der Waals surface area (Å²) in [7, 11) is -4.07. The minimum atomic E-state index is -4.07. The molecule has 0 heterocycles. The molecule has 0 saturated heterocycles. The molecule has 0 aromatic heterocycles. The zero-order chi connectivity index (χ0) is 13.3. The molecule has 0 fully saturated rings. The Hall–Kier alpha value is -0.460. The zero-order valence-electron chi connectivity index (χ0n) is 9.75. The first-order valence-electron chi connectivity index (χ1n) is 5.59. The zero-order valence-corrected chi connectivity index (χ0v) is 10.6. The molecule has 0 atom stereocenters. The first-order valence-corrected chi connectivity index (χ1v) is 7.38. The summed E-state index contributed by atoms with van der Waals surface area (Å²) in [5.41, 5.74) is 5.28. The fraction of sp³-hybridized carbons (Fsp3) is 0.889. The lowest BCUT2D eigenvalue weighted by atomic mass is 10.2. The molecule has 0 aliphatic carbocycles. The number of hydroxylamine groups is 2. The molecule has 0 aromatic carbocycles. The lowest BCUT2D eigenvalue weighted by molar-refractivity contribution is -0.128. The summed E-state index contributed by atoms with van der Waals surface area (Å²) in [5.74, 6) is -0.535. The van der Waals surface area contributed by atoms with Crippen LogP contribution >= 0.6 is 7.60 Å². The van der Waals surface area contributed by atoms with Gasteiger partial charge in [-0.2, -0.15) is 0 Å². The first-order chi connectivity index (χ1) is 7.87. The Morgan fingerprint density at radius 2 is 1.88 bits per heavy atom. The van der Waals surface area contributed by atoms with E-state index in [1.165, 1.54) is 0 Å². The SMILES string of the molecule is NCCCCCC(=O)N([O-])CCCP(=O)(O)O. The van der Waals surface area contributed by atoms with E-state index < -0.39 is 13.5 Å². The van der Waals surface area contributed by atoms with E-state index in [1.54, 1.807) is 0 Å². The van der Waals surface area contributed by atoms with Gasteiger partial charge in [0, 0.05) is 13.0 Å². The number of rotatable bonds is 9. The number of hydrogen-bond donors (Lipinski definition) is 3. The van der Waals surface area contributed by atoms with Crippen molar-refractivity contribution in [3.63, 3.8) is 0 Å². The van der Waals surface area contributed by atoms with Crippen LogP contribution in [0.1, 0.15) is 32.1 Å². The fourth-order valence-corrected chi connectivity index (χ4v) is 1.82. The largest absolute Gasteiger partial charge is 0.756 e. The van der Waals surface area contributed by atoms with Crippen molar-refractivity contribution in [2.24, 2.45) is 5.73 Å². The van der Waals surface area contributed by atoms with Crippen molar-refractivity contribution >= 4 is 13.5 Å². The third-order valence-corrected chi connectivity index (χ3v) is 3.08. The van der Waals surface area contributed by atoms with Gasteiger partial charge in [-0.3, -0.25) is 9.36 Å². The summed E-state index contributed by atoms with van der Waals surface area (Å²) in [4.78, 5) is 28.4. The van der Waals surface area contributed by atoms with Crippen LogP contribution in [0.3, 0.4) is 0 Å². The molecular formula is C9H20N2O5P-. The maximum atomic E-state index is 11.2. The van der Waals surface area contributed by atoms with Gasteiger partial charge in [0.15, 0.2) is 0 Å². The van der Waals surface area contributed by atoms with E-state index in [1.807, 2.05) is 0 Å². The van der Waals surface area contributed by atoms with Crippen LogP contribution in [-0.4, -0.2) is 40.0 Å². The highest BCUT2D eigenvalue weighted by Gasteiger charge is 2.12. The van der Waals surface area contributed by atoms with Gasteiger partial charge in [0.1, 0.15) is 0 Å². The van der Waals surface area contributed by atoms with E-state index in [0.29, 0.717) is 13.0 Å². The number of carbonyl (C=O) groups excluding carboxylic acids is 1. The van der Waals surface area contributed by atoms with Gasteiger partial charge in [0.2, 0.25) is 5.91 Å². The van der Waals surface area contributed by atoms with Crippen LogP contribution in [0.4, 0.5) is 0 Å². The molecule has 8 heteroatoms. The summed E-state index contributed by atoms with van der Waals surface area (Å²) < 4.78 is 10.5. The molecule has 0 aliphatic heterocycles. The summed E-state index contributed by atoms with van der Waals surface area (Å²) in [6.45, 7) is 0.401. The normalized spacial score (nSPS) is 11.5. The van der Waals surface area contributed by atoms with Crippen LogP contribution in [0.25, 0.3) is 0 Å². The summed E-state index contributed by atoms with van der Waals surface area (Å²) in [6.07, 6.45) is 2.06. The highest BCUT2D eigenvalue weighted by atomic mass is 31.2. The molecule has 17 heavy (non-hydrogen) atoms. The minimum absolute atomic E-state index is 0.0162. The second kappa shape index (κ2) is 8.60. The van der Waals surface area contributed by atoms with Crippen LogP contribution in [0.2, 0.25) is 0 Å². The lowest BCUT2D eigenvalue weighted by Gasteiger charge is -2.28. The van der Waals surface area contributed by atoms with Crippen LogP contribution < -0.4 is 5.73 Å². The van der Waals surface area contributed by atoms with Crippen LogP contribution in [-0.2, 0) is 9.36 Å². The Labute approximate surface area is 101 Å². The molecule has 1 amide bonds. The molecule has 0 bridgehead atoms. The minimum Gasteiger partial charge on any atom is -0.756 e. The summed E-state index contributed by atoms with van der Waals surface area (Å²) in [6, 6.07) is 0. The van der Waals surface area contributed by atoms with Crippen molar-refractivity contribution in [3.05, 3.63) is 5.21 Å². The van der Waals surface area contributed by atoms with Crippen LogP contribution in [0, 0.1) is 5.21 Å². The molecule has 0 aliphatic rings. The Morgan fingerprint density at radius 1 is 1.24 bits per heavy atom. The topological polar surface area (TPSA) is 127 Å². The molecule has 0 radical (unpaired) electrons. The summed E-state index contributed by atoms with van der Waals surface area (Å²) in [5, 5.41) is 11.5. The molecular weight excluding hydrogens is 247 g/mol. The highest BCUT2D eigenvalue weighted by Crippen LogP contribution is 2.34. The quantitative estimate of drug-likeness (QED) is 0.315. The van der Waals surface area contributed by atoms with E-state index >= 15 is 0 Å². The number of unbranched alkanes of at least 4 members (excludes halogenated alkanes) is 2. The Balaban J connectivity index is 3.64. The van der Waals surface area contributed by atoms with Crippen molar-refractivity contribution in [1.82, 2.24) is 5.06 Å². The van der Waals surface area contributed by atoms with E-state index in [2.05, 4.69) is 0 Å². The number of nitrogens with zero attached hydrogens (tertiary/aromatic N) is 1. The predicted molar refractivity (Wildman–Crippen MR) is 64.1 cm³/mol. The van der Waals surface area contributed by atoms with E-state index in [4.69, 9.17) is 15.5 Å². The standard InChI is InChI=1S/C9H20N2O5P/c10-6-3-1-2-5-9(12)11(13)7-4-8-17(14,15)16/h1-8,10H2,(H2,14,15,16)/q-1. The molecule has 4 N–H and O–H groups in total. The van der Waals surface area contributed by atoms with Crippen LogP contribution in [0.15, 0.2) is 0 Å². The molecule has 0 spiro atoms.